The van der Waals surface area contributed by atoms with Crippen LogP contribution in [0.4, 0.5) is 0 Å². The van der Waals surface area contributed by atoms with Gasteiger partial charge < -0.3 is 3.55 Å². The summed E-state index contributed by atoms with van der Waals surface area (Å²) in [7, 11) is 0. The van der Waals surface area contributed by atoms with Crippen LogP contribution in [0.3, 0.4) is 0 Å². The Bertz CT molecular complexity index is 652. The van der Waals surface area contributed by atoms with E-state index in [4.69, 9.17) is 0 Å². The summed E-state index contributed by atoms with van der Waals surface area (Å²) in [4.78, 5) is 0. The topological polar surface area (TPSA) is 4.93 Å². The fourth-order valence-corrected chi connectivity index (χ4v) is 2.80. The predicted octanol–water partition coefficient (Wildman–Crippen LogP) is 3.03. The fourth-order valence-electron chi connectivity index (χ4n) is 2.23. The van der Waals surface area contributed by atoms with Gasteiger partial charge in [0.15, 0.2) is 0 Å². The second-order valence-corrected chi connectivity index (χ2v) is 4.37. The third-order valence-electron chi connectivity index (χ3n) is 2.93. The molecule has 2 radical (unpaired) electrons. The molecular formula is C13H10AlN. The summed E-state index contributed by atoms with van der Waals surface area (Å²) in [6.45, 7) is 2.15. The second kappa shape index (κ2) is 3.13. The highest BCUT2D eigenvalue weighted by atomic mass is 27.1. The second-order valence-electron chi connectivity index (χ2n) is 3.86. The van der Waals surface area contributed by atoms with Crippen LogP contribution in [-0.2, 0) is 0 Å². The van der Waals surface area contributed by atoms with Crippen LogP contribution in [0.1, 0.15) is 5.56 Å². The van der Waals surface area contributed by atoms with Gasteiger partial charge in [-0.05, 0) is 18.6 Å². The number of hydrogen-bond donors (Lipinski definition) is 0. The molecule has 0 aliphatic carbocycles. The highest BCUT2D eigenvalue weighted by Gasteiger charge is 2.06. The van der Waals surface area contributed by atoms with Gasteiger partial charge in [-0.25, -0.2) is 0 Å². The van der Waals surface area contributed by atoms with Crippen molar-refractivity contribution in [2.24, 2.45) is 0 Å². The maximum Gasteiger partial charge on any atom is 0.318 e. The minimum absolute atomic E-state index is 1.27. The quantitative estimate of drug-likeness (QED) is 0.499. The molecular weight excluding hydrogens is 197 g/mol. The monoisotopic (exact) mass is 207 g/mol. The Labute approximate surface area is 97.0 Å². The van der Waals surface area contributed by atoms with E-state index in [-0.39, 0.29) is 0 Å². The van der Waals surface area contributed by atoms with Gasteiger partial charge in [0, 0.05) is 21.8 Å². The van der Waals surface area contributed by atoms with E-state index in [0.717, 1.165) is 0 Å². The Morgan fingerprint density at radius 1 is 0.933 bits per heavy atom. The van der Waals surface area contributed by atoms with E-state index >= 15 is 0 Å². The maximum absolute atomic E-state index is 2.80. The van der Waals surface area contributed by atoms with Gasteiger partial charge in [0.2, 0.25) is 0 Å². The molecule has 15 heavy (non-hydrogen) atoms. The molecule has 70 valence electrons. The molecule has 0 aliphatic rings. The molecule has 0 saturated heterocycles. The van der Waals surface area contributed by atoms with Gasteiger partial charge in [-0.1, -0.05) is 36.4 Å². The number of nitrogens with zero attached hydrogens (tertiary/aromatic N) is 1. The first-order valence-electron chi connectivity index (χ1n) is 5.03. The molecule has 0 unspecified atom stereocenters. The van der Waals surface area contributed by atoms with Crippen molar-refractivity contribution < 1.29 is 0 Å². The first-order valence-corrected chi connectivity index (χ1v) is 5.54. The molecule has 0 N–H and O–H groups in total. The standard InChI is InChI=1S/C13H10N.Al/c1-9-5-4-7-11-10-6-2-3-8-12(10)14-13(9)11;/h2-8H,1H3;/q-1;+1. The van der Waals surface area contributed by atoms with Crippen molar-refractivity contribution in [1.29, 1.82) is 0 Å². The molecule has 2 aromatic carbocycles. The highest BCUT2D eigenvalue weighted by molar-refractivity contribution is 6.22. The van der Waals surface area contributed by atoms with E-state index in [2.05, 4.69) is 69.4 Å². The number of para-hydroxylation sites is 2. The first-order chi connectivity index (χ1) is 7.29. The summed E-state index contributed by atoms with van der Waals surface area (Å²) < 4.78 is 2.19. The average molecular weight is 207 g/mol. The Balaban J connectivity index is 2.69. The van der Waals surface area contributed by atoms with Gasteiger partial charge >= 0.3 is 16.5 Å². The third kappa shape index (κ3) is 1.16. The molecule has 0 bridgehead atoms. The van der Waals surface area contributed by atoms with Crippen LogP contribution in [-0.4, -0.2) is 20.1 Å². The average Bonchev–Trinajstić information content (AvgIpc) is 2.55. The van der Waals surface area contributed by atoms with Crippen molar-refractivity contribution in [2.75, 3.05) is 0 Å². The van der Waals surface area contributed by atoms with E-state index in [1.165, 1.54) is 27.4 Å². The summed E-state index contributed by atoms with van der Waals surface area (Å²) >= 11 is 2.80. The SMILES string of the molecule is Cc1cccc2c3ccccc3[n]([Al])c12. The number of hydrogen-bond acceptors (Lipinski definition) is 0. The van der Waals surface area contributed by atoms with Crippen LogP contribution in [0.25, 0.3) is 21.8 Å². The minimum atomic E-state index is 1.27. The van der Waals surface area contributed by atoms with E-state index in [0.29, 0.717) is 0 Å². The van der Waals surface area contributed by atoms with Gasteiger partial charge in [0.05, 0.1) is 0 Å². The molecule has 0 atom stereocenters. The zero-order chi connectivity index (χ0) is 10.4. The summed E-state index contributed by atoms with van der Waals surface area (Å²) in [5.74, 6) is 0. The lowest BCUT2D eigenvalue weighted by Crippen LogP contribution is -1.91. The first kappa shape index (κ1) is 9.03. The minimum Gasteiger partial charge on any atom is -0.451 e. The lowest BCUT2D eigenvalue weighted by Gasteiger charge is -2.02. The van der Waals surface area contributed by atoms with Crippen molar-refractivity contribution in [2.45, 2.75) is 6.92 Å². The molecule has 3 aromatic rings. The van der Waals surface area contributed by atoms with Gasteiger partial charge in [0.25, 0.3) is 0 Å². The van der Waals surface area contributed by atoms with Crippen LogP contribution < -0.4 is 0 Å². The number of aryl methyl sites for hydroxylation is 1. The van der Waals surface area contributed by atoms with Gasteiger partial charge in [-0.2, -0.15) is 0 Å². The molecule has 2 heteroatoms. The number of fused-ring (bicyclic) bond motifs is 3. The number of aromatic nitrogens is 1. The molecule has 0 amide bonds. The third-order valence-corrected chi connectivity index (χ3v) is 3.47. The van der Waals surface area contributed by atoms with Crippen molar-refractivity contribution >= 4 is 38.3 Å². The van der Waals surface area contributed by atoms with E-state index < -0.39 is 0 Å². The van der Waals surface area contributed by atoms with Crippen LogP contribution in [0, 0.1) is 6.92 Å². The number of benzene rings is 2. The summed E-state index contributed by atoms with van der Waals surface area (Å²) in [6, 6.07) is 15.0. The molecule has 0 aliphatic heterocycles. The molecule has 3 rings (SSSR count). The maximum atomic E-state index is 2.80. The molecule has 1 nitrogen and oxygen atoms in total. The number of rotatable bonds is 0. The zero-order valence-corrected chi connectivity index (χ0v) is 9.72. The van der Waals surface area contributed by atoms with E-state index in [1.54, 1.807) is 0 Å². The van der Waals surface area contributed by atoms with Crippen LogP contribution >= 0.6 is 0 Å². The Morgan fingerprint density at radius 2 is 1.67 bits per heavy atom. The van der Waals surface area contributed by atoms with Gasteiger partial charge in [0.1, 0.15) is 0 Å². The summed E-state index contributed by atoms with van der Waals surface area (Å²) in [6.07, 6.45) is 0. The van der Waals surface area contributed by atoms with Crippen LogP contribution in [0.5, 0.6) is 0 Å². The lowest BCUT2D eigenvalue weighted by molar-refractivity contribution is 1.35. The van der Waals surface area contributed by atoms with Crippen molar-refractivity contribution in [3.8, 4) is 0 Å². The smallest absolute Gasteiger partial charge is 0.318 e. The Kier molecular flexibility index (Phi) is 1.89. The Hall–Kier alpha value is -1.23. The highest BCUT2D eigenvalue weighted by Crippen LogP contribution is 2.29. The van der Waals surface area contributed by atoms with Crippen LogP contribution in [0.2, 0.25) is 0 Å². The largest absolute Gasteiger partial charge is 0.451 e. The van der Waals surface area contributed by atoms with Crippen molar-refractivity contribution in [3.05, 3.63) is 48.0 Å². The Morgan fingerprint density at radius 3 is 2.53 bits per heavy atom. The summed E-state index contributed by atoms with van der Waals surface area (Å²) in [5.41, 5.74) is 3.90. The van der Waals surface area contributed by atoms with Gasteiger partial charge in [-0.3, -0.25) is 0 Å². The van der Waals surface area contributed by atoms with Gasteiger partial charge in [-0.15, -0.1) is 0 Å². The van der Waals surface area contributed by atoms with E-state index in [9.17, 15) is 0 Å². The molecule has 1 heterocycles. The fraction of sp³-hybridized carbons (Fsp3) is 0.0769. The molecule has 0 spiro atoms. The normalized spacial score (nSPS) is 11.3. The van der Waals surface area contributed by atoms with Crippen molar-refractivity contribution in [3.63, 3.8) is 0 Å². The molecule has 0 saturated carbocycles. The van der Waals surface area contributed by atoms with E-state index in [1.807, 2.05) is 0 Å². The molecule has 0 fully saturated rings. The molecule has 1 aromatic heterocycles. The lowest BCUT2D eigenvalue weighted by atomic mass is 10.1. The van der Waals surface area contributed by atoms with Crippen molar-refractivity contribution in [1.82, 2.24) is 3.55 Å². The zero-order valence-electron chi connectivity index (χ0n) is 8.57. The van der Waals surface area contributed by atoms with Crippen LogP contribution in [0.15, 0.2) is 42.5 Å². The predicted molar refractivity (Wildman–Crippen MR) is 65.3 cm³/mol. The summed E-state index contributed by atoms with van der Waals surface area (Å²) in [5, 5.41) is 2.66.